The predicted octanol–water partition coefficient (Wildman–Crippen LogP) is 1.03. The molecule has 1 unspecified atom stereocenters. The van der Waals surface area contributed by atoms with Gasteiger partial charge in [0, 0.05) is 42.8 Å². The minimum absolute atomic E-state index is 0.0427. The Labute approximate surface area is 119 Å². The molecule has 0 aromatic carbocycles. The highest BCUT2D eigenvalue weighted by atomic mass is 35.7. The van der Waals surface area contributed by atoms with Crippen molar-refractivity contribution in [2.75, 3.05) is 26.2 Å². The van der Waals surface area contributed by atoms with E-state index in [1.54, 1.807) is 4.90 Å². The maximum Gasteiger partial charge on any atom is 0.237 e. The van der Waals surface area contributed by atoms with Crippen LogP contribution >= 0.6 is 10.7 Å². The van der Waals surface area contributed by atoms with Gasteiger partial charge < -0.3 is 9.80 Å². The van der Waals surface area contributed by atoms with Gasteiger partial charge in [-0.3, -0.25) is 4.79 Å². The van der Waals surface area contributed by atoms with Crippen molar-refractivity contribution in [2.24, 2.45) is 0 Å². The summed E-state index contributed by atoms with van der Waals surface area (Å²) in [6, 6.07) is 0.184. The number of carbonyl (C=O) groups is 1. The summed E-state index contributed by atoms with van der Waals surface area (Å²) in [5.41, 5.74) is 0. The van der Waals surface area contributed by atoms with Crippen LogP contribution < -0.4 is 0 Å². The third-order valence-corrected chi connectivity index (χ3v) is 5.93. The third kappa shape index (κ3) is 3.61. The van der Waals surface area contributed by atoms with Crippen molar-refractivity contribution >= 4 is 25.6 Å². The second kappa shape index (κ2) is 5.97. The van der Waals surface area contributed by atoms with Crippen molar-refractivity contribution in [3.63, 3.8) is 0 Å². The van der Waals surface area contributed by atoms with E-state index in [0.717, 1.165) is 38.9 Å². The van der Waals surface area contributed by atoms with E-state index < -0.39 is 14.3 Å². The minimum Gasteiger partial charge on any atom is -0.338 e. The number of halogens is 1. The molecule has 0 radical (unpaired) electrons. The highest BCUT2D eigenvalue weighted by Crippen LogP contribution is 2.27. The average molecular weight is 309 g/mol. The first-order valence-electron chi connectivity index (χ1n) is 6.87. The van der Waals surface area contributed by atoms with Gasteiger partial charge in [0.15, 0.2) is 0 Å². The van der Waals surface area contributed by atoms with E-state index in [9.17, 15) is 13.2 Å². The zero-order valence-electron chi connectivity index (χ0n) is 11.2. The molecule has 2 heterocycles. The molecule has 2 aliphatic heterocycles. The number of hydrogen-bond acceptors (Lipinski definition) is 4. The maximum atomic E-state index is 11.9. The molecule has 0 bridgehead atoms. The molecule has 0 spiro atoms. The molecular weight excluding hydrogens is 288 g/mol. The number of amides is 1. The SMILES string of the molecule is CCCN1CCC(N2CC(S(=O)(=O)Cl)CC2=O)CC1. The third-order valence-electron chi connectivity index (χ3n) is 4.06. The Morgan fingerprint density at radius 1 is 1.32 bits per heavy atom. The number of rotatable bonds is 4. The second-order valence-corrected chi connectivity index (χ2v) is 8.33. The summed E-state index contributed by atoms with van der Waals surface area (Å²) in [7, 11) is 1.73. The molecule has 0 aliphatic carbocycles. The molecule has 1 atom stereocenters. The van der Waals surface area contributed by atoms with Gasteiger partial charge in [-0.25, -0.2) is 8.42 Å². The molecule has 19 heavy (non-hydrogen) atoms. The first-order valence-corrected chi connectivity index (χ1v) is 9.24. The molecule has 2 saturated heterocycles. The van der Waals surface area contributed by atoms with Crippen LogP contribution in [-0.4, -0.2) is 61.6 Å². The first kappa shape index (κ1) is 15.1. The van der Waals surface area contributed by atoms with Gasteiger partial charge in [0.1, 0.15) is 5.25 Å². The van der Waals surface area contributed by atoms with E-state index in [0.29, 0.717) is 0 Å². The lowest BCUT2D eigenvalue weighted by atomic mass is 10.0. The van der Waals surface area contributed by atoms with Crippen LogP contribution in [0, 0.1) is 0 Å². The standard InChI is InChI=1S/C12H21ClN2O3S/c1-2-5-14-6-3-10(4-7-14)15-9-11(8-12(15)16)19(13,17)18/h10-11H,2-9H2,1H3. The molecular formula is C12H21ClN2O3S. The molecule has 7 heteroatoms. The van der Waals surface area contributed by atoms with E-state index in [2.05, 4.69) is 11.8 Å². The fourth-order valence-corrected chi connectivity index (χ4v) is 4.05. The van der Waals surface area contributed by atoms with Crippen molar-refractivity contribution in [1.29, 1.82) is 0 Å². The smallest absolute Gasteiger partial charge is 0.237 e. The van der Waals surface area contributed by atoms with Crippen LogP contribution in [0.1, 0.15) is 32.6 Å². The molecule has 2 rings (SSSR count). The number of nitrogens with zero attached hydrogens (tertiary/aromatic N) is 2. The average Bonchev–Trinajstić information content (AvgIpc) is 2.73. The summed E-state index contributed by atoms with van der Waals surface area (Å²) in [5, 5.41) is -0.727. The number of likely N-dealkylation sites (tertiary alicyclic amines) is 2. The maximum absolute atomic E-state index is 11.9. The lowest BCUT2D eigenvalue weighted by Gasteiger charge is -2.36. The Hall–Kier alpha value is -0.330. The number of carbonyl (C=O) groups excluding carboxylic acids is 1. The Morgan fingerprint density at radius 3 is 2.42 bits per heavy atom. The fourth-order valence-electron chi connectivity index (χ4n) is 3.01. The molecule has 0 N–H and O–H groups in total. The van der Waals surface area contributed by atoms with Crippen LogP contribution in [0.5, 0.6) is 0 Å². The van der Waals surface area contributed by atoms with E-state index >= 15 is 0 Å². The predicted molar refractivity (Wildman–Crippen MR) is 74.6 cm³/mol. The molecule has 2 fully saturated rings. The van der Waals surface area contributed by atoms with E-state index in [-0.39, 0.29) is 24.9 Å². The second-order valence-electron chi connectivity index (χ2n) is 5.42. The van der Waals surface area contributed by atoms with Crippen molar-refractivity contribution in [2.45, 2.75) is 43.9 Å². The van der Waals surface area contributed by atoms with Crippen LogP contribution in [0.25, 0.3) is 0 Å². The van der Waals surface area contributed by atoms with Crippen LogP contribution in [0.2, 0.25) is 0 Å². The van der Waals surface area contributed by atoms with Crippen LogP contribution in [0.4, 0.5) is 0 Å². The summed E-state index contributed by atoms with van der Waals surface area (Å²) in [5.74, 6) is -0.0665. The quantitative estimate of drug-likeness (QED) is 0.728. The van der Waals surface area contributed by atoms with E-state index in [4.69, 9.17) is 10.7 Å². The van der Waals surface area contributed by atoms with Gasteiger partial charge in [-0.2, -0.15) is 0 Å². The Bertz CT molecular complexity index is 432. The molecule has 0 aromatic heterocycles. The van der Waals surface area contributed by atoms with Crippen LogP contribution in [-0.2, 0) is 13.8 Å². The minimum atomic E-state index is -3.63. The van der Waals surface area contributed by atoms with Gasteiger partial charge in [0.2, 0.25) is 15.0 Å². The summed E-state index contributed by atoms with van der Waals surface area (Å²) in [4.78, 5) is 16.1. The number of hydrogen-bond donors (Lipinski definition) is 0. The lowest BCUT2D eigenvalue weighted by molar-refractivity contribution is -0.130. The first-order chi connectivity index (χ1) is 8.91. The molecule has 110 valence electrons. The largest absolute Gasteiger partial charge is 0.338 e. The molecule has 5 nitrogen and oxygen atoms in total. The monoisotopic (exact) mass is 308 g/mol. The van der Waals surface area contributed by atoms with Crippen molar-refractivity contribution in [1.82, 2.24) is 9.80 Å². The molecule has 2 aliphatic rings. The summed E-state index contributed by atoms with van der Waals surface area (Å²) >= 11 is 0. The van der Waals surface area contributed by atoms with Gasteiger partial charge in [-0.05, 0) is 25.8 Å². The topological polar surface area (TPSA) is 57.7 Å². The van der Waals surface area contributed by atoms with Gasteiger partial charge >= 0.3 is 0 Å². The lowest BCUT2D eigenvalue weighted by Crippen LogP contribution is -2.46. The van der Waals surface area contributed by atoms with Gasteiger partial charge in [-0.1, -0.05) is 6.92 Å². The van der Waals surface area contributed by atoms with E-state index in [1.165, 1.54) is 0 Å². The Kier molecular flexibility index (Phi) is 4.74. The fraction of sp³-hybridized carbons (Fsp3) is 0.917. The highest BCUT2D eigenvalue weighted by molar-refractivity contribution is 8.14. The van der Waals surface area contributed by atoms with Crippen LogP contribution in [0.3, 0.4) is 0 Å². The van der Waals surface area contributed by atoms with Crippen LogP contribution in [0.15, 0.2) is 0 Å². The zero-order chi connectivity index (χ0) is 14.0. The normalized spacial score (nSPS) is 27.2. The summed E-state index contributed by atoms with van der Waals surface area (Å²) < 4.78 is 22.6. The van der Waals surface area contributed by atoms with Gasteiger partial charge in [0.25, 0.3) is 0 Å². The van der Waals surface area contributed by atoms with Crippen molar-refractivity contribution in [3.05, 3.63) is 0 Å². The summed E-state index contributed by atoms with van der Waals surface area (Å²) in [6.45, 7) is 5.50. The highest BCUT2D eigenvalue weighted by Gasteiger charge is 2.40. The van der Waals surface area contributed by atoms with E-state index in [1.807, 2.05) is 0 Å². The van der Waals surface area contributed by atoms with Gasteiger partial charge in [0.05, 0.1) is 0 Å². The molecule has 0 saturated carbocycles. The number of piperidine rings is 1. The van der Waals surface area contributed by atoms with Gasteiger partial charge in [-0.15, -0.1) is 0 Å². The molecule has 0 aromatic rings. The Morgan fingerprint density at radius 2 is 1.95 bits per heavy atom. The zero-order valence-corrected chi connectivity index (χ0v) is 12.8. The summed E-state index contributed by atoms with van der Waals surface area (Å²) in [6.07, 6.45) is 3.04. The Balaban J connectivity index is 1.92. The van der Waals surface area contributed by atoms with Crippen molar-refractivity contribution in [3.8, 4) is 0 Å². The van der Waals surface area contributed by atoms with Crippen molar-refractivity contribution < 1.29 is 13.2 Å². The molecule has 1 amide bonds.